The molecule has 164 valence electrons. The van der Waals surface area contributed by atoms with Crippen LogP contribution in [0.4, 0.5) is 16.2 Å². The lowest BCUT2D eigenvalue weighted by Crippen LogP contribution is -2.20. The summed E-state index contributed by atoms with van der Waals surface area (Å²) in [5, 5.41) is 5.70. The number of aromatic nitrogens is 2. The number of hydrogen-bond donors (Lipinski definition) is 2. The van der Waals surface area contributed by atoms with E-state index in [-0.39, 0.29) is 6.03 Å². The van der Waals surface area contributed by atoms with E-state index in [2.05, 4.69) is 27.3 Å². The Balaban J connectivity index is 1.40. The van der Waals surface area contributed by atoms with Crippen molar-refractivity contribution in [2.45, 2.75) is 12.8 Å². The van der Waals surface area contributed by atoms with Gasteiger partial charge in [-0.3, -0.25) is 0 Å². The van der Waals surface area contributed by atoms with Crippen molar-refractivity contribution in [3.63, 3.8) is 0 Å². The zero-order chi connectivity index (χ0) is 22.5. The van der Waals surface area contributed by atoms with Crippen LogP contribution < -0.4 is 20.1 Å². The van der Waals surface area contributed by atoms with Crippen LogP contribution in [-0.2, 0) is 19.9 Å². The van der Waals surface area contributed by atoms with Gasteiger partial charge in [0.15, 0.2) is 0 Å². The average Bonchev–Trinajstić information content (AvgIpc) is 3.14. The molecule has 0 aliphatic rings. The topological polar surface area (TPSA) is 77.4 Å². The fourth-order valence-electron chi connectivity index (χ4n) is 3.67. The van der Waals surface area contributed by atoms with Gasteiger partial charge in [0.1, 0.15) is 17.3 Å². The number of amides is 2. The van der Waals surface area contributed by atoms with E-state index in [0.29, 0.717) is 17.2 Å². The first-order valence-electron chi connectivity index (χ1n) is 10.4. The highest BCUT2D eigenvalue weighted by Gasteiger charge is 2.10. The predicted octanol–water partition coefficient (Wildman–Crippen LogP) is 5.02. The maximum Gasteiger partial charge on any atom is 0.323 e. The summed E-state index contributed by atoms with van der Waals surface area (Å²) in [6.07, 6.45) is 1.63. The Morgan fingerprint density at radius 1 is 0.938 bits per heavy atom. The third-order valence-corrected chi connectivity index (χ3v) is 5.36. The van der Waals surface area contributed by atoms with E-state index in [1.54, 1.807) is 32.4 Å². The molecular formula is C25H26N4O3. The Labute approximate surface area is 187 Å². The molecule has 2 N–H and O–H groups in total. The third-order valence-electron chi connectivity index (χ3n) is 5.36. The highest BCUT2D eigenvalue weighted by atomic mass is 16.5. The van der Waals surface area contributed by atoms with Gasteiger partial charge in [0.05, 0.1) is 30.9 Å². The molecule has 0 spiro atoms. The van der Waals surface area contributed by atoms with Gasteiger partial charge in [0.2, 0.25) is 0 Å². The molecule has 0 fully saturated rings. The van der Waals surface area contributed by atoms with Crippen molar-refractivity contribution in [3.05, 3.63) is 78.1 Å². The molecule has 0 bridgehead atoms. The molecule has 4 rings (SSSR count). The van der Waals surface area contributed by atoms with Gasteiger partial charge in [-0.1, -0.05) is 24.3 Å². The van der Waals surface area contributed by atoms with Crippen LogP contribution in [0, 0.1) is 0 Å². The van der Waals surface area contributed by atoms with E-state index < -0.39 is 0 Å². The first-order valence-corrected chi connectivity index (χ1v) is 10.4. The second kappa shape index (κ2) is 9.43. The number of urea groups is 1. The molecule has 32 heavy (non-hydrogen) atoms. The summed E-state index contributed by atoms with van der Waals surface area (Å²) in [5.74, 6) is 2.21. The molecular weight excluding hydrogens is 404 g/mol. The van der Waals surface area contributed by atoms with Crippen molar-refractivity contribution in [2.24, 2.45) is 7.05 Å². The molecule has 1 heterocycles. The minimum Gasteiger partial charge on any atom is -0.497 e. The maximum absolute atomic E-state index is 12.5. The molecule has 0 unspecified atom stereocenters. The number of hydrogen-bond acceptors (Lipinski definition) is 4. The number of nitrogens with one attached hydrogen (secondary N) is 2. The van der Waals surface area contributed by atoms with Gasteiger partial charge in [-0.25, -0.2) is 9.78 Å². The van der Waals surface area contributed by atoms with Crippen LogP contribution in [0.25, 0.3) is 11.0 Å². The van der Waals surface area contributed by atoms with Crippen molar-refractivity contribution in [1.29, 1.82) is 0 Å². The number of carbonyl (C=O) groups is 1. The minimum absolute atomic E-state index is 0.346. The summed E-state index contributed by atoms with van der Waals surface area (Å²) in [6.45, 7) is 0. The number of carbonyl (C=O) groups excluding carboxylic acids is 1. The summed E-state index contributed by atoms with van der Waals surface area (Å²) < 4.78 is 12.7. The van der Waals surface area contributed by atoms with E-state index in [0.717, 1.165) is 41.0 Å². The van der Waals surface area contributed by atoms with Gasteiger partial charge in [-0.05, 0) is 48.4 Å². The molecule has 7 nitrogen and oxygen atoms in total. The number of ether oxygens (including phenoxy) is 2. The molecule has 0 atom stereocenters. The molecule has 0 radical (unpaired) electrons. The van der Waals surface area contributed by atoms with E-state index in [1.165, 1.54) is 0 Å². The lowest BCUT2D eigenvalue weighted by atomic mass is 10.1. The maximum atomic E-state index is 12.5. The lowest BCUT2D eigenvalue weighted by Gasteiger charge is -2.13. The molecule has 1 aromatic heterocycles. The van der Waals surface area contributed by atoms with E-state index in [4.69, 9.17) is 14.5 Å². The Bertz CT molecular complexity index is 1250. The first-order chi connectivity index (χ1) is 15.6. The number of aryl methyl sites for hydroxylation is 3. The number of fused-ring (bicyclic) bond motifs is 1. The van der Waals surface area contributed by atoms with Crippen LogP contribution in [0.2, 0.25) is 0 Å². The first kappa shape index (κ1) is 21.2. The fourth-order valence-corrected chi connectivity index (χ4v) is 3.67. The quantitative estimate of drug-likeness (QED) is 0.432. The van der Waals surface area contributed by atoms with Crippen LogP contribution >= 0.6 is 0 Å². The average molecular weight is 431 g/mol. The number of imidazole rings is 1. The van der Waals surface area contributed by atoms with Gasteiger partial charge in [0.25, 0.3) is 0 Å². The van der Waals surface area contributed by atoms with Crippen molar-refractivity contribution in [2.75, 3.05) is 24.9 Å². The Kier molecular flexibility index (Phi) is 6.26. The SMILES string of the molecule is COc1ccc(NC(=O)Nc2cccc(CCc3nc4ccccc4n3C)c2)c(OC)c1. The standard InChI is InChI=1S/C25H26N4O3/c1-29-22-10-5-4-9-20(22)27-24(29)14-11-17-7-6-8-18(15-17)26-25(30)28-21-13-12-19(31-2)16-23(21)32-3/h4-10,12-13,15-16H,11,14H2,1-3H3,(H2,26,28,30). The molecule has 0 aliphatic carbocycles. The molecule has 3 aromatic carbocycles. The number of benzene rings is 3. The lowest BCUT2D eigenvalue weighted by molar-refractivity contribution is 0.262. The Morgan fingerprint density at radius 2 is 1.78 bits per heavy atom. The molecule has 0 saturated carbocycles. The highest BCUT2D eigenvalue weighted by Crippen LogP contribution is 2.29. The van der Waals surface area contributed by atoms with Crippen LogP contribution in [0.3, 0.4) is 0 Å². The van der Waals surface area contributed by atoms with Gasteiger partial charge >= 0.3 is 6.03 Å². The second-order valence-corrected chi connectivity index (χ2v) is 7.42. The third kappa shape index (κ3) is 4.67. The molecule has 0 aliphatic heterocycles. The van der Waals surface area contributed by atoms with Crippen LogP contribution in [0.5, 0.6) is 11.5 Å². The van der Waals surface area contributed by atoms with Crippen molar-refractivity contribution >= 4 is 28.4 Å². The zero-order valence-corrected chi connectivity index (χ0v) is 18.4. The van der Waals surface area contributed by atoms with Crippen LogP contribution in [0.1, 0.15) is 11.4 Å². The van der Waals surface area contributed by atoms with E-state index in [9.17, 15) is 4.79 Å². The monoisotopic (exact) mass is 430 g/mol. The number of nitrogens with zero attached hydrogens (tertiary/aromatic N) is 2. The normalized spacial score (nSPS) is 10.7. The number of rotatable bonds is 7. The molecule has 4 aromatic rings. The largest absolute Gasteiger partial charge is 0.497 e. The van der Waals surface area contributed by atoms with Gasteiger partial charge in [-0.2, -0.15) is 0 Å². The van der Waals surface area contributed by atoms with Crippen molar-refractivity contribution in [3.8, 4) is 11.5 Å². The fraction of sp³-hybridized carbons (Fsp3) is 0.200. The summed E-state index contributed by atoms with van der Waals surface area (Å²) in [6, 6.07) is 20.8. The van der Waals surface area contributed by atoms with Crippen LogP contribution in [0.15, 0.2) is 66.7 Å². The van der Waals surface area contributed by atoms with Crippen molar-refractivity contribution < 1.29 is 14.3 Å². The van der Waals surface area contributed by atoms with E-state index in [1.807, 2.05) is 43.4 Å². The van der Waals surface area contributed by atoms with Gasteiger partial charge in [0, 0.05) is 25.2 Å². The van der Waals surface area contributed by atoms with Crippen molar-refractivity contribution in [1.82, 2.24) is 9.55 Å². The predicted molar refractivity (Wildman–Crippen MR) is 127 cm³/mol. The molecule has 7 heteroatoms. The summed E-state index contributed by atoms with van der Waals surface area (Å²) >= 11 is 0. The summed E-state index contributed by atoms with van der Waals surface area (Å²) in [7, 11) is 5.17. The summed E-state index contributed by atoms with van der Waals surface area (Å²) in [5.41, 5.74) is 4.53. The van der Waals surface area contributed by atoms with Gasteiger partial charge in [-0.15, -0.1) is 0 Å². The van der Waals surface area contributed by atoms with Crippen LogP contribution in [-0.4, -0.2) is 29.8 Å². The second-order valence-electron chi connectivity index (χ2n) is 7.42. The van der Waals surface area contributed by atoms with E-state index >= 15 is 0 Å². The molecule has 0 saturated heterocycles. The minimum atomic E-state index is -0.346. The Hall–Kier alpha value is -4.00. The highest BCUT2D eigenvalue weighted by molar-refractivity contribution is 6.00. The Morgan fingerprint density at radius 3 is 2.56 bits per heavy atom. The zero-order valence-electron chi connectivity index (χ0n) is 18.4. The number of anilines is 2. The van der Waals surface area contributed by atoms with Gasteiger partial charge < -0.3 is 24.7 Å². The summed E-state index contributed by atoms with van der Waals surface area (Å²) in [4.78, 5) is 17.3. The number of methoxy groups -OCH3 is 2. The smallest absolute Gasteiger partial charge is 0.323 e. The molecule has 2 amide bonds. The number of para-hydroxylation sites is 2.